The summed E-state index contributed by atoms with van der Waals surface area (Å²) >= 11 is 1.48. The zero-order valence-corrected chi connectivity index (χ0v) is 19.1. The second-order valence-electron chi connectivity index (χ2n) is 8.36. The Bertz CT molecular complexity index is 994. The molecule has 1 aromatic heterocycles. The summed E-state index contributed by atoms with van der Waals surface area (Å²) in [5, 5.41) is 12.7. The SMILES string of the molecule is Cc1ccc(NC(=O)[C@H](C)Sc2nnc(C3CCCCC3)n2Cc2ccccc2)cc1. The lowest BCUT2D eigenvalue weighted by molar-refractivity contribution is -0.115. The van der Waals surface area contributed by atoms with Crippen LogP contribution in [0.1, 0.15) is 61.9 Å². The number of carbonyl (C=O) groups excluding carboxylic acids is 1. The smallest absolute Gasteiger partial charge is 0.237 e. The van der Waals surface area contributed by atoms with Gasteiger partial charge in [0.2, 0.25) is 5.91 Å². The van der Waals surface area contributed by atoms with E-state index < -0.39 is 0 Å². The van der Waals surface area contributed by atoms with E-state index in [-0.39, 0.29) is 11.2 Å². The van der Waals surface area contributed by atoms with Crippen LogP contribution >= 0.6 is 11.8 Å². The first kappa shape index (κ1) is 21.6. The van der Waals surface area contributed by atoms with Crippen molar-refractivity contribution in [1.29, 1.82) is 0 Å². The quantitative estimate of drug-likeness (QED) is 0.477. The van der Waals surface area contributed by atoms with Gasteiger partial charge in [0.15, 0.2) is 5.16 Å². The number of amides is 1. The van der Waals surface area contributed by atoms with Gasteiger partial charge in [-0.2, -0.15) is 0 Å². The van der Waals surface area contributed by atoms with Crippen LogP contribution in [0.2, 0.25) is 0 Å². The first-order valence-corrected chi connectivity index (χ1v) is 12.0. The molecule has 1 amide bonds. The summed E-state index contributed by atoms with van der Waals surface area (Å²) < 4.78 is 2.23. The first-order chi connectivity index (χ1) is 15.1. The molecule has 3 aromatic rings. The number of anilines is 1. The summed E-state index contributed by atoms with van der Waals surface area (Å²) in [5.41, 5.74) is 3.21. The average Bonchev–Trinajstić information content (AvgIpc) is 3.18. The van der Waals surface area contributed by atoms with Crippen molar-refractivity contribution in [2.75, 3.05) is 5.32 Å². The Morgan fingerprint density at radius 2 is 1.77 bits per heavy atom. The topological polar surface area (TPSA) is 59.8 Å². The normalized spacial score (nSPS) is 15.5. The Kier molecular flexibility index (Phi) is 7.07. The van der Waals surface area contributed by atoms with Crippen LogP contribution in [0.4, 0.5) is 5.69 Å². The molecule has 1 aliphatic rings. The van der Waals surface area contributed by atoms with Crippen molar-refractivity contribution in [3.8, 4) is 0 Å². The molecule has 1 aliphatic carbocycles. The van der Waals surface area contributed by atoms with E-state index in [9.17, 15) is 4.79 Å². The number of hydrogen-bond acceptors (Lipinski definition) is 4. The molecule has 0 radical (unpaired) electrons. The van der Waals surface area contributed by atoms with Crippen LogP contribution in [0.15, 0.2) is 59.8 Å². The average molecular weight is 435 g/mol. The number of nitrogens with one attached hydrogen (secondary N) is 1. The molecule has 0 unspecified atom stereocenters. The molecule has 0 spiro atoms. The molecule has 2 aromatic carbocycles. The zero-order chi connectivity index (χ0) is 21.6. The lowest BCUT2D eigenvalue weighted by atomic mass is 9.88. The Morgan fingerprint density at radius 3 is 2.48 bits per heavy atom. The summed E-state index contributed by atoms with van der Waals surface area (Å²) in [6.45, 7) is 4.69. The second kappa shape index (κ2) is 10.1. The molecular formula is C25H30N4OS. The van der Waals surface area contributed by atoms with Crippen molar-refractivity contribution in [3.05, 3.63) is 71.5 Å². The van der Waals surface area contributed by atoms with E-state index in [1.54, 1.807) is 0 Å². The minimum atomic E-state index is -0.278. The second-order valence-corrected chi connectivity index (χ2v) is 9.67. The van der Waals surface area contributed by atoms with Crippen LogP contribution in [0.3, 0.4) is 0 Å². The molecule has 4 rings (SSSR count). The fourth-order valence-electron chi connectivity index (χ4n) is 4.06. The number of nitrogens with zero attached hydrogens (tertiary/aromatic N) is 3. The molecule has 6 heteroatoms. The predicted octanol–water partition coefficient (Wildman–Crippen LogP) is 5.80. The maximum atomic E-state index is 12.8. The third-order valence-corrected chi connectivity index (χ3v) is 6.95. The Hall–Kier alpha value is -2.60. The van der Waals surface area contributed by atoms with Crippen molar-refractivity contribution < 1.29 is 4.79 Å². The number of benzene rings is 2. The third kappa shape index (κ3) is 5.56. The minimum Gasteiger partial charge on any atom is -0.325 e. The maximum Gasteiger partial charge on any atom is 0.237 e. The predicted molar refractivity (Wildman–Crippen MR) is 127 cm³/mol. The maximum absolute atomic E-state index is 12.8. The molecular weight excluding hydrogens is 404 g/mol. The highest BCUT2D eigenvalue weighted by molar-refractivity contribution is 8.00. The van der Waals surface area contributed by atoms with Crippen LogP contribution in [0.25, 0.3) is 0 Å². The van der Waals surface area contributed by atoms with E-state index in [0.29, 0.717) is 5.92 Å². The Labute approximate surface area is 188 Å². The molecule has 5 nitrogen and oxygen atoms in total. The van der Waals surface area contributed by atoms with Crippen molar-refractivity contribution in [2.24, 2.45) is 0 Å². The Morgan fingerprint density at radius 1 is 1.06 bits per heavy atom. The molecule has 0 saturated heterocycles. The highest BCUT2D eigenvalue weighted by Gasteiger charge is 2.25. The number of aryl methyl sites for hydroxylation is 1. The summed E-state index contributed by atoms with van der Waals surface area (Å²) in [4.78, 5) is 12.8. The van der Waals surface area contributed by atoms with E-state index in [1.165, 1.54) is 55.0 Å². The van der Waals surface area contributed by atoms with Crippen LogP contribution in [0, 0.1) is 6.92 Å². The fraction of sp³-hybridized carbons (Fsp3) is 0.400. The highest BCUT2D eigenvalue weighted by atomic mass is 32.2. The summed E-state index contributed by atoms with van der Waals surface area (Å²) in [6.07, 6.45) is 6.14. The van der Waals surface area contributed by atoms with Crippen molar-refractivity contribution >= 4 is 23.4 Å². The van der Waals surface area contributed by atoms with Crippen molar-refractivity contribution in [2.45, 2.75) is 68.8 Å². The number of thioether (sulfide) groups is 1. The summed E-state index contributed by atoms with van der Waals surface area (Å²) in [5.74, 6) is 1.50. The van der Waals surface area contributed by atoms with Gasteiger partial charge in [0, 0.05) is 11.6 Å². The van der Waals surface area contributed by atoms with Crippen molar-refractivity contribution in [3.63, 3.8) is 0 Å². The summed E-state index contributed by atoms with van der Waals surface area (Å²) in [7, 11) is 0. The molecule has 1 heterocycles. The van der Waals surface area contributed by atoms with Gasteiger partial charge in [0.05, 0.1) is 11.8 Å². The molecule has 0 aliphatic heterocycles. The van der Waals surface area contributed by atoms with Gasteiger partial charge < -0.3 is 9.88 Å². The highest BCUT2D eigenvalue weighted by Crippen LogP contribution is 2.34. The van der Waals surface area contributed by atoms with Crippen LogP contribution in [-0.4, -0.2) is 25.9 Å². The summed E-state index contributed by atoms with van der Waals surface area (Å²) in [6, 6.07) is 18.3. The van der Waals surface area contributed by atoms with Gasteiger partial charge in [0.1, 0.15) is 5.82 Å². The standard InChI is InChI=1S/C25H30N4OS/c1-18-13-15-22(16-14-18)26-24(30)19(2)31-25-28-27-23(21-11-7-4-8-12-21)29(25)17-20-9-5-3-6-10-20/h3,5-6,9-10,13-16,19,21H,4,7-8,11-12,17H2,1-2H3,(H,26,30)/t19-/m0/s1. The molecule has 1 saturated carbocycles. The van der Waals surface area contributed by atoms with Gasteiger partial charge in [-0.3, -0.25) is 4.79 Å². The number of aromatic nitrogens is 3. The number of rotatable bonds is 7. The lowest BCUT2D eigenvalue weighted by Crippen LogP contribution is -2.23. The van der Waals surface area contributed by atoms with E-state index in [0.717, 1.165) is 23.2 Å². The molecule has 1 atom stereocenters. The zero-order valence-electron chi connectivity index (χ0n) is 18.3. The van der Waals surface area contributed by atoms with E-state index >= 15 is 0 Å². The molecule has 1 fully saturated rings. The lowest BCUT2D eigenvalue weighted by Gasteiger charge is -2.22. The number of hydrogen-bond donors (Lipinski definition) is 1. The number of carbonyl (C=O) groups is 1. The van der Waals surface area contributed by atoms with Crippen LogP contribution < -0.4 is 5.32 Å². The van der Waals surface area contributed by atoms with Gasteiger partial charge in [-0.1, -0.05) is 79.1 Å². The fourth-order valence-corrected chi connectivity index (χ4v) is 4.91. The monoisotopic (exact) mass is 434 g/mol. The van der Waals surface area contributed by atoms with Crippen LogP contribution in [-0.2, 0) is 11.3 Å². The Balaban J connectivity index is 1.52. The van der Waals surface area contributed by atoms with E-state index in [2.05, 4.69) is 44.3 Å². The van der Waals surface area contributed by atoms with Crippen molar-refractivity contribution in [1.82, 2.24) is 14.8 Å². The molecule has 0 bridgehead atoms. The van der Waals surface area contributed by atoms with E-state index in [4.69, 9.17) is 0 Å². The minimum absolute atomic E-state index is 0.0256. The molecule has 31 heavy (non-hydrogen) atoms. The third-order valence-electron chi connectivity index (χ3n) is 5.87. The van der Waals surface area contributed by atoms with Crippen LogP contribution in [0.5, 0.6) is 0 Å². The molecule has 1 N–H and O–H groups in total. The van der Waals surface area contributed by atoms with Gasteiger partial charge in [-0.25, -0.2) is 0 Å². The molecule has 162 valence electrons. The van der Waals surface area contributed by atoms with E-state index in [1.807, 2.05) is 44.2 Å². The largest absolute Gasteiger partial charge is 0.325 e. The van der Waals surface area contributed by atoms with Gasteiger partial charge in [0.25, 0.3) is 0 Å². The van der Waals surface area contributed by atoms with Gasteiger partial charge in [-0.15, -0.1) is 10.2 Å². The van der Waals surface area contributed by atoms with Gasteiger partial charge in [-0.05, 0) is 44.4 Å². The van der Waals surface area contributed by atoms with Gasteiger partial charge >= 0.3 is 0 Å². The first-order valence-electron chi connectivity index (χ1n) is 11.1.